The summed E-state index contributed by atoms with van der Waals surface area (Å²) in [6.07, 6.45) is 2.65. The van der Waals surface area contributed by atoms with Crippen molar-refractivity contribution < 1.29 is 0 Å². The summed E-state index contributed by atoms with van der Waals surface area (Å²) in [6, 6.07) is 9.81. The van der Waals surface area contributed by atoms with E-state index in [1.165, 1.54) is 30.5 Å². The van der Waals surface area contributed by atoms with Gasteiger partial charge in [-0.05, 0) is 44.7 Å². The van der Waals surface area contributed by atoms with Gasteiger partial charge in [-0.25, -0.2) is 0 Å². The second-order valence-electron chi connectivity index (χ2n) is 5.76. The van der Waals surface area contributed by atoms with Crippen LogP contribution in [-0.2, 0) is 0 Å². The van der Waals surface area contributed by atoms with Crippen LogP contribution in [0.1, 0.15) is 43.9 Å². The predicted octanol–water partition coefficient (Wildman–Crippen LogP) is 3.12. The number of rotatable bonds is 3. The van der Waals surface area contributed by atoms with E-state index in [2.05, 4.69) is 49.9 Å². The third-order valence-corrected chi connectivity index (χ3v) is 4.47. The molecule has 0 aliphatic carbocycles. The van der Waals surface area contributed by atoms with Crippen LogP contribution in [0.2, 0.25) is 0 Å². The molecular formula is C16H26N2. The highest BCUT2D eigenvalue weighted by atomic mass is 15.2. The van der Waals surface area contributed by atoms with Crippen molar-refractivity contribution in [1.82, 2.24) is 4.90 Å². The normalized spacial score (nSPS) is 27.1. The van der Waals surface area contributed by atoms with E-state index in [0.717, 1.165) is 5.92 Å². The van der Waals surface area contributed by atoms with Gasteiger partial charge in [-0.2, -0.15) is 0 Å². The molecule has 1 aliphatic rings. The first-order valence-corrected chi connectivity index (χ1v) is 7.16. The molecule has 1 heterocycles. The monoisotopic (exact) mass is 246 g/mol. The number of hydrogen-bond acceptors (Lipinski definition) is 2. The fourth-order valence-corrected chi connectivity index (χ4v) is 3.15. The van der Waals surface area contributed by atoms with Gasteiger partial charge in [0.05, 0.1) is 0 Å². The van der Waals surface area contributed by atoms with Crippen molar-refractivity contribution in [3.63, 3.8) is 0 Å². The van der Waals surface area contributed by atoms with E-state index in [9.17, 15) is 0 Å². The van der Waals surface area contributed by atoms with E-state index in [1.54, 1.807) is 0 Å². The Morgan fingerprint density at radius 1 is 1.39 bits per heavy atom. The number of hydrogen-bond donors (Lipinski definition) is 1. The third-order valence-electron chi connectivity index (χ3n) is 4.47. The number of aryl methyl sites for hydroxylation is 1. The minimum Gasteiger partial charge on any atom is -0.329 e. The summed E-state index contributed by atoms with van der Waals surface area (Å²) in [4.78, 5) is 2.60. The maximum Gasteiger partial charge on any atom is 0.0473 e. The Hall–Kier alpha value is -0.860. The van der Waals surface area contributed by atoms with Crippen molar-refractivity contribution in [2.45, 2.75) is 45.7 Å². The molecule has 2 N–H and O–H groups in total. The average Bonchev–Trinajstić information content (AvgIpc) is 2.35. The van der Waals surface area contributed by atoms with Crippen molar-refractivity contribution in [3.05, 3.63) is 35.4 Å². The van der Waals surface area contributed by atoms with Crippen LogP contribution in [0.3, 0.4) is 0 Å². The van der Waals surface area contributed by atoms with E-state index in [0.29, 0.717) is 18.6 Å². The SMILES string of the molecule is Cc1cccc(C(CN)N2CCCC(C)C2C)c1. The molecule has 1 aromatic carbocycles. The Morgan fingerprint density at radius 3 is 2.83 bits per heavy atom. The number of nitrogens with two attached hydrogens (primary N) is 1. The van der Waals surface area contributed by atoms with Crippen LogP contribution in [0.4, 0.5) is 0 Å². The predicted molar refractivity (Wildman–Crippen MR) is 77.5 cm³/mol. The zero-order valence-electron chi connectivity index (χ0n) is 11.9. The lowest BCUT2D eigenvalue weighted by molar-refractivity contribution is 0.0709. The van der Waals surface area contributed by atoms with Gasteiger partial charge in [0.25, 0.3) is 0 Å². The second kappa shape index (κ2) is 5.85. The molecule has 0 radical (unpaired) electrons. The maximum absolute atomic E-state index is 6.05. The van der Waals surface area contributed by atoms with Gasteiger partial charge in [0, 0.05) is 18.6 Å². The van der Waals surface area contributed by atoms with Crippen LogP contribution in [0.5, 0.6) is 0 Å². The van der Waals surface area contributed by atoms with Gasteiger partial charge in [-0.3, -0.25) is 4.90 Å². The molecule has 2 heteroatoms. The summed E-state index contributed by atoms with van der Waals surface area (Å²) in [5.74, 6) is 0.776. The zero-order chi connectivity index (χ0) is 13.1. The Kier molecular flexibility index (Phi) is 4.41. The summed E-state index contributed by atoms with van der Waals surface area (Å²) in [5, 5.41) is 0. The minimum absolute atomic E-state index is 0.377. The molecule has 0 amide bonds. The number of benzene rings is 1. The first-order valence-electron chi connectivity index (χ1n) is 7.16. The van der Waals surface area contributed by atoms with Crippen LogP contribution in [0, 0.1) is 12.8 Å². The number of nitrogens with zero attached hydrogens (tertiary/aromatic N) is 1. The van der Waals surface area contributed by atoms with Crippen LogP contribution in [0.15, 0.2) is 24.3 Å². The largest absolute Gasteiger partial charge is 0.329 e. The van der Waals surface area contributed by atoms with Gasteiger partial charge in [0.1, 0.15) is 0 Å². The molecule has 1 fully saturated rings. The molecule has 2 nitrogen and oxygen atoms in total. The molecule has 100 valence electrons. The van der Waals surface area contributed by atoms with Crippen LogP contribution in [0.25, 0.3) is 0 Å². The fourth-order valence-electron chi connectivity index (χ4n) is 3.15. The molecule has 1 saturated heterocycles. The van der Waals surface area contributed by atoms with Gasteiger partial charge in [0.2, 0.25) is 0 Å². The van der Waals surface area contributed by atoms with Crippen molar-refractivity contribution in [2.75, 3.05) is 13.1 Å². The third kappa shape index (κ3) is 2.76. The zero-order valence-corrected chi connectivity index (χ0v) is 11.9. The van der Waals surface area contributed by atoms with E-state index >= 15 is 0 Å². The average molecular weight is 246 g/mol. The first kappa shape index (κ1) is 13.6. The Labute approximate surface area is 111 Å². The molecule has 3 atom stereocenters. The van der Waals surface area contributed by atoms with E-state index in [-0.39, 0.29) is 0 Å². The lowest BCUT2D eigenvalue weighted by atomic mass is 9.89. The Morgan fingerprint density at radius 2 is 2.17 bits per heavy atom. The van der Waals surface area contributed by atoms with Crippen LogP contribution < -0.4 is 5.73 Å². The summed E-state index contributed by atoms with van der Waals surface area (Å²) in [6.45, 7) is 8.75. The Balaban J connectivity index is 2.22. The molecule has 1 aliphatic heterocycles. The smallest absolute Gasteiger partial charge is 0.0473 e. The van der Waals surface area contributed by atoms with Crippen molar-refractivity contribution in [2.24, 2.45) is 11.7 Å². The molecule has 18 heavy (non-hydrogen) atoms. The van der Waals surface area contributed by atoms with Crippen molar-refractivity contribution >= 4 is 0 Å². The van der Waals surface area contributed by atoms with Gasteiger partial charge >= 0.3 is 0 Å². The van der Waals surface area contributed by atoms with Crippen LogP contribution >= 0.6 is 0 Å². The van der Waals surface area contributed by atoms with Gasteiger partial charge in [-0.15, -0.1) is 0 Å². The van der Waals surface area contributed by atoms with Crippen molar-refractivity contribution in [1.29, 1.82) is 0 Å². The highest BCUT2D eigenvalue weighted by Gasteiger charge is 2.30. The molecule has 1 aromatic rings. The molecule has 0 bridgehead atoms. The van der Waals surface area contributed by atoms with E-state index < -0.39 is 0 Å². The standard InChI is InChI=1S/C16H26N2/c1-12-6-4-8-15(10-12)16(11-17)18-9-5-7-13(2)14(18)3/h4,6,8,10,13-14,16H,5,7,9,11,17H2,1-3H3. The minimum atomic E-state index is 0.377. The van der Waals surface area contributed by atoms with Crippen molar-refractivity contribution in [3.8, 4) is 0 Å². The molecular weight excluding hydrogens is 220 g/mol. The lowest BCUT2D eigenvalue weighted by Crippen LogP contribution is -2.46. The fraction of sp³-hybridized carbons (Fsp3) is 0.625. The summed E-state index contributed by atoms with van der Waals surface area (Å²) in [7, 11) is 0. The van der Waals surface area contributed by atoms with Gasteiger partial charge in [0.15, 0.2) is 0 Å². The van der Waals surface area contributed by atoms with Crippen LogP contribution in [-0.4, -0.2) is 24.0 Å². The Bertz CT molecular complexity index is 388. The lowest BCUT2D eigenvalue weighted by Gasteiger charge is -2.42. The highest BCUT2D eigenvalue weighted by molar-refractivity contribution is 5.25. The van der Waals surface area contributed by atoms with E-state index in [4.69, 9.17) is 5.73 Å². The molecule has 0 saturated carbocycles. The number of piperidine rings is 1. The summed E-state index contributed by atoms with van der Waals surface area (Å²) >= 11 is 0. The molecule has 2 rings (SSSR count). The molecule has 0 aromatic heterocycles. The quantitative estimate of drug-likeness (QED) is 0.888. The number of likely N-dealkylation sites (tertiary alicyclic amines) is 1. The highest BCUT2D eigenvalue weighted by Crippen LogP contribution is 2.31. The maximum atomic E-state index is 6.05. The summed E-state index contributed by atoms with van der Waals surface area (Å²) < 4.78 is 0. The molecule has 3 unspecified atom stereocenters. The molecule has 0 spiro atoms. The van der Waals surface area contributed by atoms with Gasteiger partial charge < -0.3 is 5.73 Å². The second-order valence-corrected chi connectivity index (χ2v) is 5.76. The summed E-state index contributed by atoms with van der Waals surface area (Å²) in [5.41, 5.74) is 8.75. The first-order chi connectivity index (χ1) is 8.63. The topological polar surface area (TPSA) is 29.3 Å². The van der Waals surface area contributed by atoms with Gasteiger partial charge in [-0.1, -0.05) is 36.8 Å². The van der Waals surface area contributed by atoms with E-state index in [1.807, 2.05) is 0 Å².